The van der Waals surface area contributed by atoms with Crippen LogP contribution in [0.15, 0.2) is 47.4 Å². The van der Waals surface area contributed by atoms with E-state index in [1.807, 2.05) is 0 Å². The van der Waals surface area contributed by atoms with Crippen LogP contribution in [-0.4, -0.2) is 64.6 Å². The molecule has 11 heteroatoms. The number of hydrogen-bond acceptors (Lipinski definition) is 7. The highest BCUT2D eigenvalue weighted by Crippen LogP contribution is 2.34. The second kappa shape index (κ2) is 9.76. The molecule has 0 saturated heterocycles. The monoisotopic (exact) mass is 482 g/mol. The molecule has 9 nitrogen and oxygen atoms in total. The molecule has 172 valence electrons. The second-order valence-corrected chi connectivity index (χ2v) is 9.17. The Morgan fingerprint density at radius 1 is 1.22 bits per heavy atom. The molecule has 0 bridgehead atoms. The maximum Gasteiger partial charge on any atom is 0.348 e. The zero-order chi connectivity index (χ0) is 23.5. The molecule has 1 atom stereocenters. The lowest BCUT2D eigenvalue weighted by Gasteiger charge is -2.34. The maximum atomic E-state index is 13.2. The topological polar surface area (TPSA) is 102 Å². The van der Waals surface area contributed by atoms with E-state index in [1.54, 1.807) is 31.2 Å². The van der Waals surface area contributed by atoms with Crippen LogP contribution < -0.4 is 14.4 Å². The van der Waals surface area contributed by atoms with Crippen molar-refractivity contribution in [2.75, 3.05) is 38.8 Å². The van der Waals surface area contributed by atoms with Gasteiger partial charge in [-0.15, -0.1) is 0 Å². The standard InChI is InChI=1S/C21H23ClN2O7S/c1-4-23(32(27,28)14-9-10-17(29-2)15(22)11-14)13-20(25)24-12-19(21(26)30-3)31-18-8-6-5-7-16(18)24/h5-11,19H,4,12-13H2,1-3H3. The smallest absolute Gasteiger partial charge is 0.348 e. The lowest BCUT2D eigenvalue weighted by Crippen LogP contribution is -2.50. The number of esters is 1. The van der Waals surface area contributed by atoms with Crippen molar-refractivity contribution in [2.24, 2.45) is 0 Å². The minimum absolute atomic E-state index is 0.0458. The average molecular weight is 483 g/mol. The number of carbonyl (C=O) groups excluding carboxylic acids is 2. The number of benzene rings is 2. The summed E-state index contributed by atoms with van der Waals surface area (Å²) >= 11 is 6.09. The van der Waals surface area contributed by atoms with Crippen LogP contribution in [-0.2, 0) is 24.3 Å². The summed E-state index contributed by atoms with van der Waals surface area (Å²) in [5, 5.41) is 0.138. The number of carbonyl (C=O) groups is 2. The molecule has 1 unspecified atom stereocenters. The summed E-state index contributed by atoms with van der Waals surface area (Å²) in [4.78, 5) is 26.5. The van der Waals surface area contributed by atoms with E-state index < -0.39 is 34.5 Å². The maximum absolute atomic E-state index is 13.2. The normalized spacial score (nSPS) is 15.7. The second-order valence-electron chi connectivity index (χ2n) is 6.83. The summed E-state index contributed by atoms with van der Waals surface area (Å²) in [5.41, 5.74) is 0.443. The highest BCUT2D eigenvalue weighted by molar-refractivity contribution is 7.89. The fraction of sp³-hybridized carbons (Fsp3) is 0.333. The fourth-order valence-corrected chi connectivity index (χ4v) is 5.03. The number of para-hydroxylation sites is 2. The van der Waals surface area contributed by atoms with Gasteiger partial charge in [0.2, 0.25) is 22.0 Å². The number of hydrogen-bond donors (Lipinski definition) is 0. The van der Waals surface area contributed by atoms with E-state index >= 15 is 0 Å². The number of ether oxygens (including phenoxy) is 3. The first-order chi connectivity index (χ1) is 15.2. The predicted molar refractivity (Wildman–Crippen MR) is 118 cm³/mol. The predicted octanol–water partition coefficient (Wildman–Crippen LogP) is 2.33. The Morgan fingerprint density at radius 3 is 2.56 bits per heavy atom. The first-order valence-corrected chi connectivity index (χ1v) is 11.5. The summed E-state index contributed by atoms with van der Waals surface area (Å²) in [6.07, 6.45) is -1.02. The first kappa shape index (κ1) is 23.8. The van der Waals surface area contributed by atoms with Crippen molar-refractivity contribution in [1.82, 2.24) is 4.31 Å². The molecule has 3 rings (SSSR count). The van der Waals surface area contributed by atoms with Crippen LogP contribution in [0, 0.1) is 0 Å². The Bertz CT molecular complexity index is 1120. The van der Waals surface area contributed by atoms with E-state index in [2.05, 4.69) is 0 Å². The van der Waals surface area contributed by atoms with E-state index in [-0.39, 0.29) is 23.0 Å². The Labute approximate surface area is 191 Å². The van der Waals surface area contributed by atoms with Crippen molar-refractivity contribution < 1.29 is 32.2 Å². The molecule has 2 aromatic rings. The molecule has 0 spiro atoms. The summed E-state index contributed by atoms with van der Waals surface area (Å²) < 4.78 is 42.8. The third-order valence-corrected chi connectivity index (χ3v) is 7.18. The third-order valence-electron chi connectivity index (χ3n) is 4.96. The van der Waals surface area contributed by atoms with Gasteiger partial charge in [0.05, 0.1) is 42.9 Å². The number of methoxy groups -OCH3 is 2. The molecule has 0 radical (unpaired) electrons. The fourth-order valence-electron chi connectivity index (χ4n) is 3.28. The molecule has 0 N–H and O–H groups in total. The minimum Gasteiger partial charge on any atom is -0.495 e. The highest BCUT2D eigenvalue weighted by atomic mass is 35.5. The van der Waals surface area contributed by atoms with Gasteiger partial charge in [0.1, 0.15) is 11.5 Å². The molecule has 0 aromatic heterocycles. The average Bonchev–Trinajstić information content (AvgIpc) is 2.80. The lowest BCUT2D eigenvalue weighted by molar-refractivity contribution is -0.148. The Kier molecular flexibility index (Phi) is 7.27. The van der Waals surface area contributed by atoms with Crippen molar-refractivity contribution in [3.05, 3.63) is 47.5 Å². The largest absolute Gasteiger partial charge is 0.495 e. The van der Waals surface area contributed by atoms with E-state index in [4.69, 9.17) is 25.8 Å². The number of halogens is 1. The van der Waals surface area contributed by atoms with E-state index in [1.165, 1.54) is 37.3 Å². The van der Waals surface area contributed by atoms with E-state index in [0.29, 0.717) is 17.2 Å². The molecule has 1 heterocycles. The molecule has 0 fully saturated rings. The number of rotatable bonds is 7. The van der Waals surface area contributed by atoms with Crippen LogP contribution in [0.3, 0.4) is 0 Å². The van der Waals surface area contributed by atoms with Gasteiger partial charge in [-0.3, -0.25) is 4.79 Å². The Morgan fingerprint density at radius 2 is 1.94 bits per heavy atom. The Balaban J connectivity index is 1.88. The van der Waals surface area contributed by atoms with Crippen molar-refractivity contribution in [1.29, 1.82) is 0 Å². The van der Waals surface area contributed by atoms with Gasteiger partial charge < -0.3 is 19.1 Å². The number of fused-ring (bicyclic) bond motifs is 1. The van der Waals surface area contributed by atoms with Gasteiger partial charge in [-0.2, -0.15) is 4.31 Å². The SMILES string of the molecule is CCN(CC(=O)N1CC(C(=O)OC)Oc2ccccc21)S(=O)(=O)c1ccc(OC)c(Cl)c1. The summed E-state index contributed by atoms with van der Waals surface area (Å²) in [6.45, 7) is 1.13. The third kappa shape index (κ3) is 4.67. The molecular formula is C21H23ClN2O7S. The summed E-state index contributed by atoms with van der Waals surface area (Å²) in [5.74, 6) is -0.483. The van der Waals surface area contributed by atoms with Crippen molar-refractivity contribution >= 4 is 39.2 Å². The van der Waals surface area contributed by atoms with Crippen LogP contribution >= 0.6 is 11.6 Å². The number of anilines is 1. The van der Waals surface area contributed by atoms with Crippen LogP contribution in [0.25, 0.3) is 0 Å². The van der Waals surface area contributed by atoms with Gasteiger partial charge >= 0.3 is 5.97 Å². The summed E-state index contributed by atoms with van der Waals surface area (Å²) in [7, 11) is -1.37. The van der Waals surface area contributed by atoms with Crippen molar-refractivity contribution in [3.63, 3.8) is 0 Å². The van der Waals surface area contributed by atoms with Gasteiger partial charge in [0.15, 0.2) is 0 Å². The molecule has 1 aliphatic rings. The number of amides is 1. The van der Waals surface area contributed by atoms with Crippen LogP contribution in [0.2, 0.25) is 5.02 Å². The summed E-state index contributed by atoms with van der Waals surface area (Å²) in [6, 6.07) is 10.8. The molecule has 1 aliphatic heterocycles. The van der Waals surface area contributed by atoms with Crippen LogP contribution in [0.5, 0.6) is 11.5 Å². The van der Waals surface area contributed by atoms with E-state index in [0.717, 1.165) is 4.31 Å². The van der Waals surface area contributed by atoms with Gasteiger partial charge in [0.25, 0.3) is 0 Å². The zero-order valence-electron chi connectivity index (χ0n) is 17.8. The first-order valence-electron chi connectivity index (χ1n) is 9.70. The number of nitrogens with zero attached hydrogens (tertiary/aromatic N) is 2. The number of sulfonamides is 1. The zero-order valence-corrected chi connectivity index (χ0v) is 19.4. The number of likely N-dealkylation sites (N-methyl/N-ethyl adjacent to an activating group) is 1. The van der Waals surface area contributed by atoms with Crippen molar-refractivity contribution in [3.8, 4) is 11.5 Å². The van der Waals surface area contributed by atoms with Gasteiger partial charge in [-0.05, 0) is 30.3 Å². The highest BCUT2D eigenvalue weighted by Gasteiger charge is 2.36. The van der Waals surface area contributed by atoms with Gasteiger partial charge in [-0.25, -0.2) is 13.2 Å². The quantitative estimate of drug-likeness (QED) is 0.558. The lowest BCUT2D eigenvalue weighted by atomic mass is 10.2. The van der Waals surface area contributed by atoms with Crippen molar-refractivity contribution in [2.45, 2.75) is 17.9 Å². The molecule has 32 heavy (non-hydrogen) atoms. The molecule has 1 amide bonds. The molecule has 0 aliphatic carbocycles. The van der Waals surface area contributed by atoms with Crippen LogP contribution in [0.4, 0.5) is 5.69 Å². The Hall–Kier alpha value is -2.82. The molecule has 2 aromatic carbocycles. The molecular weight excluding hydrogens is 460 g/mol. The van der Waals surface area contributed by atoms with Gasteiger partial charge in [-0.1, -0.05) is 30.7 Å². The minimum atomic E-state index is -4.02. The molecule has 0 saturated carbocycles. The van der Waals surface area contributed by atoms with E-state index in [9.17, 15) is 18.0 Å². The van der Waals surface area contributed by atoms with Crippen LogP contribution in [0.1, 0.15) is 6.92 Å². The van der Waals surface area contributed by atoms with Gasteiger partial charge in [0, 0.05) is 6.54 Å².